The van der Waals surface area contributed by atoms with E-state index in [-0.39, 0.29) is 11.7 Å². The van der Waals surface area contributed by atoms with Gasteiger partial charge in [0.1, 0.15) is 17.3 Å². The lowest BCUT2D eigenvalue weighted by molar-refractivity contribution is 0.183. The Balaban J connectivity index is 2.84. The van der Waals surface area contributed by atoms with Crippen LogP contribution in [0.5, 0.6) is 0 Å². The molecule has 1 rings (SSSR count). The molecule has 21 heavy (non-hydrogen) atoms. The Hall–Kier alpha value is -1.20. The summed E-state index contributed by atoms with van der Waals surface area (Å²) in [5, 5.41) is 3.18. The number of ether oxygens (including phenoxy) is 1. The van der Waals surface area contributed by atoms with Gasteiger partial charge in [-0.25, -0.2) is 8.78 Å². The highest BCUT2D eigenvalue weighted by atomic mass is 19.1. The highest BCUT2D eigenvalue weighted by Crippen LogP contribution is 2.25. The minimum Gasteiger partial charge on any atom is -0.383 e. The molecule has 0 aliphatic carbocycles. The van der Waals surface area contributed by atoms with Crippen LogP contribution >= 0.6 is 0 Å². The fraction of sp³-hybridized carbons (Fsp3) is 0.625. The smallest absolute Gasteiger partial charge is 0.149 e. The van der Waals surface area contributed by atoms with Crippen molar-refractivity contribution in [2.24, 2.45) is 5.92 Å². The summed E-state index contributed by atoms with van der Waals surface area (Å²) in [7, 11) is 3.24. The molecule has 0 amide bonds. The summed E-state index contributed by atoms with van der Waals surface area (Å²) in [5.41, 5.74) is 0.606. The number of likely N-dealkylation sites (N-methyl/N-ethyl adjacent to an activating group) is 1. The van der Waals surface area contributed by atoms with Crippen molar-refractivity contribution < 1.29 is 13.5 Å². The van der Waals surface area contributed by atoms with Gasteiger partial charge in [-0.15, -0.1) is 0 Å². The van der Waals surface area contributed by atoms with Crippen LogP contribution in [0.2, 0.25) is 0 Å². The summed E-state index contributed by atoms with van der Waals surface area (Å²) in [4.78, 5) is 1.57. The number of benzene rings is 1. The Morgan fingerprint density at radius 1 is 1.19 bits per heavy atom. The molecule has 1 N–H and O–H groups in total. The number of hydrogen-bond donors (Lipinski definition) is 1. The molecule has 0 aromatic heterocycles. The van der Waals surface area contributed by atoms with Crippen LogP contribution in [0.25, 0.3) is 0 Å². The molecule has 1 unspecified atom stereocenters. The number of nitrogens with zero attached hydrogens (tertiary/aromatic N) is 1. The fourth-order valence-electron chi connectivity index (χ4n) is 2.14. The number of anilines is 1. The van der Waals surface area contributed by atoms with Crippen molar-refractivity contribution in [2.45, 2.75) is 33.4 Å². The largest absolute Gasteiger partial charge is 0.383 e. The van der Waals surface area contributed by atoms with Crippen molar-refractivity contribution in [3.8, 4) is 0 Å². The molecule has 0 fully saturated rings. The molecule has 0 heterocycles. The van der Waals surface area contributed by atoms with E-state index in [1.807, 2.05) is 6.92 Å². The van der Waals surface area contributed by atoms with Gasteiger partial charge in [-0.2, -0.15) is 0 Å². The SMILES string of the molecule is COCC(C)N(C)c1c(F)cc(CNCC(C)C)cc1F. The average Bonchev–Trinajstić information content (AvgIpc) is 2.37. The number of nitrogens with one attached hydrogen (secondary N) is 1. The first-order valence-electron chi connectivity index (χ1n) is 7.27. The number of rotatable bonds is 8. The van der Waals surface area contributed by atoms with Gasteiger partial charge >= 0.3 is 0 Å². The zero-order valence-electron chi connectivity index (χ0n) is 13.5. The zero-order valence-corrected chi connectivity index (χ0v) is 13.5. The molecule has 0 spiro atoms. The van der Waals surface area contributed by atoms with E-state index in [1.165, 1.54) is 12.1 Å². The number of methoxy groups -OCH3 is 1. The molecule has 0 saturated heterocycles. The maximum absolute atomic E-state index is 14.2. The minimum atomic E-state index is -0.540. The van der Waals surface area contributed by atoms with Gasteiger partial charge in [-0.3, -0.25) is 0 Å². The van der Waals surface area contributed by atoms with Gasteiger partial charge in [0, 0.05) is 26.7 Å². The van der Waals surface area contributed by atoms with Crippen LogP contribution in [-0.4, -0.2) is 33.4 Å². The Morgan fingerprint density at radius 2 is 1.76 bits per heavy atom. The summed E-state index contributed by atoms with van der Waals surface area (Å²) in [6, 6.07) is 2.67. The lowest BCUT2D eigenvalue weighted by atomic mass is 10.1. The third-order valence-corrected chi connectivity index (χ3v) is 3.38. The van der Waals surface area contributed by atoms with Crippen molar-refractivity contribution in [3.63, 3.8) is 0 Å². The third-order valence-electron chi connectivity index (χ3n) is 3.38. The second-order valence-electron chi connectivity index (χ2n) is 5.85. The molecule has 0 saturated carbocycles. The molecule has 1 aromatic rings. The van der Waals surface area contributed by atoms with E-state index in [2.05, 4.69) is 19.2 Å². The molecule has 5 heteroatoms. The first-order valence-corrected chi connectivity index (χ1v) is 7.27. The van der Waals surface area contributed by atoms with Gasteiger partial charge in [0.15, 0.2) is 0 Å². The summed E-state index contributed by atoms with van der Waals surface area (Å²) >= 11 is 0. The molecule has 0 aliphatic heterocycles. The Kier molecular flexibility index (Phi) is 7.05. The average molecular weight is 300 g/mol. The predicted octanol–water partition coefficient (Wildman–Crippen LogP) is 3.18. The predicted molar refractivity (Wildman–Crippen MR) is 82.6 cm³/mol. The minimum absolute atomic E-state index is 0.00726. The normalized spacial score (nSPS) is 12.8. The molecule has 0 radical (unpaired) electrons. The van der Waals surface area contributed by atoms with E-state index >= 15 is 0 Å². The van der Waals surface area contributed by atoms with Gasteiger partial charge in [-0.05, 0) is 37.1 Å². The molecule has 120 valence electrons. The first kappa shape index (κ1) is 17.9. The van der Waals surface area contributed by atoms with E-state index in [0.717, 1.165) is 6.54 Å². The van der Waals surface area contributed by atoms with E-state index in [1.54, 1.807) is 19.1 Å². The maximum Gasteiger partial charge on any atom is 0.149 e. The molecular formula is C16H26F2N2O. The van der Waals surface area contributed by atoms with Crippen LogP contribution in [0.15, 0.2) is 12.1 Å². The standard InChI is InChI=1S/C16H26F2N2O/c1-11(2)8-19-9-13-6-14(17)16(15(18)7-13)20(4)12(3)10-21-5/h6-7,11-12,19H,8-10H2,1-5H3. The van der Waals surface area contributed by atoms with Crippen molar-refractivity contribution in [3.05, 3.63) is 29.3 Å². The van der Waals surface area contributed by atoms with Crippen LogP contribution in [-0.2, 0) is 11.3 Å². The monoisotopic (exact) mass is 300 g/mol. The molecule has 0 aliphatic rings. The summed E-state index contributed by atoms with van der Waals surface area (Å²) in [5.74, 6) is -0.580. The van der Waals surface area contributed by atoms with Crippen molar-refractivity contribution in [1.29, 1.82) is 0 Å². The van der Waals surface area contributed by atoms with Crippen LogP contribution < -0.4 is 10.2 Å². The molecule has 0 bridgehead atoms. The van der Waals surface area contributed by atoms with Crippen molar-refractivity contribution in [2.75, 3.05) is 32.2 Å². The molecule has 3 nitrogen and oxygen atoms in total. The van der Waals surface area contributed by atoms with E-state index in [4.69, 9.17) is 4.74 Å². The maximum atomic E-state index is 14.2. The van der Waals surface area contributed by atoms with Crippen LogP contribution in [0.4, 0.5) is 14.5 Å². The van der Waals surface area contributed by atoms with Crippen LogP contribution in [0.3, 0.4) is 0 Å². The lowest BCUT2D eigenvalue weighted by Gasteiger charge is -2.27. The molecule has 1 atom stereocenters. The fourth-order valence-corrected chi connectivity index (χ4v) is 2.14. The highest BCUT2D eigenvalue weighted by Gasteiger charge is 2.19. The van der Waals surface area contributed by atoms with E-state index in [0.29, 0.717) is 24.6 Å². The second kappa shape index (κ2) is 8.29. The first-order chi connectivity index (χ1) is 9.86. The third kappa shape index (κ3) is 5.25. The lowest BCUT2D eigenvalue weighted by Crippen LogP contribution is -2.34. The summed E-state index contributed by atoms with van der Waals surface area (Å²) in [6.45, 7) is 7.72. The van der Waals surface area contributed by atoms with Gasteiger partial charge < -0.3 is 15.0 Å². The van der Waals surface area contributed by atoms with Crippen molar-refractivity contribution in [1.82, 2.24) is 5.32 Å². The quantitative estimate of drug-likeness (QED) is 0.798. The van der Waals surface area contributed by atoms with E-state index < -0.39 is 11.6 Å². The Morgan fingerprint density at radius 3 is 2.24 bits per heavy atom. The van der Waals surface area contributed by atoms with Gasteiger partial charge in [0.05, 0.1) is 6.61 Å². The van der Waals surface area contributed by atoms with Gasteiger partial charge in [-0.1, -0.05) is 13.8 Å². The molecular weight excluding hydrogens is 274 g/mol. The summed E-state index contributed by atoms with van der Waals surface area (Å²) < 4.78 is 33.4. The number of halogens is 2. The van der Waals surface area contributed by atoms with Gasteiger partial charge in [0.25, 0.3) is 0 Å². The van der Waals surface area contributed by atoms with E-state index in [9.17, 15) is 8.78 Å². The van der Waals surface area contributed by atoms with Crippen molar-refractivity contribution >= 4 is 5.69 Å². The van der Waals surface area contributed by atoms with Gasteiger partial charge in [0.2, 0.25) is 0 Å². The van der Waals surface area contributed by atoms with Crippen LogP contribution in [0, 0.1) is 17.6 Å². The zero-order chi connectivity index (χ0) is 16.0. The Bertz CT molecular complexity index is 429. The summed E-state index contributed by atoms with van der Waals surface area (Å²) in [6.07, 6.45) is 0. The number of hydrogen-bond acceptors (Lipinski definition) is 3. The van der Waals surface area contributed by atoms with Crippen LogP contribution in [0.1, 0.15) is 26.3 Å². The second-order valence-corrected chi connectivity index (χ2v) is 5.85. The highest BCUT2D eigenvalue weighted by molar-refractivity contribution is 5.50. The topological polar surface area (TPSA) is 24.5 Å². The Labute approximate surface area is 126 Å². The molecule has 1 aromatic carbocycles.